The molecule has 2 N–H and O–H groups in total. The molecule has 1 aromatic rings. The molecule has 28 heavy (non-hydrogen) atoms. The first kappa shape index (κ1) is 21.8. The Morgan fingerprint density at radius 3 is 2.32 bits per heavy atom. The summed E-state index contributed by atoms with van der Waals surface area (Å²) < 4.78 is 26.3. The molecular weight excluding hydrogens is 384 g/mol. The van der Waals surface area contributed by atoms with Crippen LogP contribution in [0.3, 0.4) is 0 Å². The van der Waals surface area contributed by atoms with E-state index in [1.54, 1.807) is 13.8 Å². The minimum atomic E-state index is -3.59. The number of carbonyl (C=O) groups is 3. The van der Waals surface area contributed by atoms with Crippen LogP contribution in [-0.2, 0) is 19.6 Å². The van der Waals surface area contributed by atoms with Crippen molar-refractivity contribution in [1.29, 1.82) is 0 Å². The lowest BCUT2D eigenvalue weighted by atomic mass is 10.1. The molecule has 0 aliphatic carbocycles. The molecule has 0 aromatic heterocycles. The Bertz CT molecular complexity index is 864. The van der Waals surface area contributed by atoms with E-state index in [0.29, 0.717) is 12.2 Å². The smallest absolute Gasteiger partial charge is 0.325 e. The van der Waals surface area contributed by atoms with Gasteiger partial charge in [0.15, 0.2) is 0 Å². The van der Waals surface area contributed by atoms with Crippen molar-refractivity contribution < 1.29 is 22.8 Å². The summed E-state index contributed by atoms with van der Waals surface area (Å²) >= 11 is 0. The Hall–Kier alpha value is -2.46. The third kappa shape index (κ3) is 4.68. The number of nitrogens with one attached hydrogen (secondary N) is 2. The number of rotatable bonds is 8. The Balaban J connectivity index is 2.02. The molecule has 1 saturated heterocycles. The summed E-state index contributed by atoms with van der Waals surface area (Å²) in [6.45, 7) is 5.11. The maximum atomic E-state index is 12.5. The fourth-order valence-electron chi connectivity index (χ4n) is 2.70. The van der Waals surface area contributed by atoms with Crippen LogP contribution in [-0.4, -0.2) is 61.1 Å². The number of amides is 4. The molecule has 0 spiro atoms. The predicted molar refractivity (Wildman–Crippen MR) is 104 cm³/mol. The molecule has 1 aliphatic heterocycles. The van der Waals surface area contributed by atoms with Crippen LogP contribution >= 0.6 is 0 Å². The molecule has 154 valence electrons. The van der Waals surface area contributed by atoms with Gasteiger partial charge in [-0.1, -0.05) is 13.3 Å². The van der Waals surface area contributed by atoms with E-state index in [4.69, 9.17) is 0 Å². The van der Waals surface area contributed by atoms with Crippen molar-refractivity contribution in [2.75, 3.05) is 25.5 Å². The van der Waals surface area contributed by atoms with Crippen molar-refractivity contribution >= 4 is 33.6 Å². The van der Waals surface area contributed by atoms with E-state index in [2.05, 4.69) is 10.6 Å². The van der Waals surface area contributed by atoms with Crippen molar-refractivity contribution in [3.05, 3.63) is 24.3 Å². The third-order valence-electron chi connectivity index (χ3n) is 4.42. The van der Waals surface area contributed by atoms with E-state index in [9.17, 15) is 22.8 Å². The topological polar surface area (TPSA) is 116 Å². The summed E-state index contributed by atoms with van der Waals surface area (Å²) in [5.41, 5.74) is -0.677. The molecule has 1 heterocycles. The van der Waals surface area contributed by atoms with Gasteiger partial charge in [-0.15, -0.1) is 0 Å². The van der Waals surface area contributed by atoms with Gasteiger partial charge >= 0.3 is 6.03 Å². The van der Waals surface area contributed by atoms with Crippen molar-refractivity contribution in [2.45, 2.75) is 44.0 Å². The first-order valence-corrected chi connectivity index (χ1v) is 10.4. The van der Waals surface area contributed by atoms with E-state index in [0.717, 1.165) is 17.7 Å². The Labute approximate surface area is 165 Å². The van der Waals surface area contributed by atoms with Gasteiger partial charge in [-0.25, -0.2) is 17.5 Å². The highest BCUT2D eigenvalue weighted by Gasteiger charge is 2.44. The van der Waals surface area contributed by atoms with Crippen LogP contribution in [0.2, 0.25) is 0 Å². The van der Waals surface area contributed by atoms with Gasteiger partial charge in [0.2, 0.25) is 15.9 Å². The monoisotopic (exact) mass is 410 g/mol. The fourth-order valence-corrected chi connectivity index (χ4v) is 3.91. The van der Waals surface area contributed by atoms with Crippen LogP contribution < -0.4 is 10.6 Å². The molecule has 0 unspecified atom stereocenters. The van der Waals surface area contributed by atoms with E-state index in [1.807, 2.05) is 6.92 Å². The van der Waals surface area contributed by atoms with Crippen LogP contribution in [0.25, 0.3) is 0 Å². The number of unbranched alkanes of at least 4 members (excludes halogenated alkanes) is 1. The number of sulfonamides is 1. The van der Waals surface area contributed by atoms with Gasteiger partial charge in [0, 0.05) is 19.3 Å². The molecule has 0 atom stereocenters. The number of imide groups is 1. The third-order valence-corrected chi connectivity index (χ3v) is 6.29. The second-order valence-electron chi connectivity index (χ2n) is 7.20. The van der Waals surface area contributed by atoms with Crippen LogP contribution in [0, 0.1) is 0 Å². The molecule has 0 saturated carbocycles. The molecule has 1 aromatic carbocycles. The average Bonchev–Trinajstić information content (AvgIpc) is 2.81. The minimum absolute atomic E-state index is 0.125. The zero-order chi connectivity index (χ0) is 21.1. The summed E-state index contributed by atoms with van der Waals surface area (Å²) in [5, 5.41) is 5.06. The molecule has 10 heteroatoms. The highest BCUT2D eigenvalue weighted by Crippen LogP contribution is 2.19. The minimum Gasteiger partial charge on any atom is -0.325 e. The quantitative estimate of drug-likeness (QED) is 0.628. The maximum Gasteiger partial charge on any atom is 0.325 e. The number of benzene rings is 1. The average molecular weight is 410 g/mol. The number of hydrogen-bond donors (Lipinski definition) is 2. The van der Waals surface area contributed by atoms with Crippen molar-refractivity contribution in [3.8, 4) is 0 Å². The molecule has 9 nitrogen and oxygen atoms in total. The highest BCUT2D eigenvalue weighted by molar-refractivity contribution is 7.89. The summed E-state index contributed by atoms with van der Waals surface area (Å²) in [7, 11) is -2.06. The van der Waals surface area contributed by atoms with Gasteiger partial charge in [-0.2, -0.15) is 0 Å². The summed E-state index contributed by atoms with van der Waals surface area (Å²) in [6, 6.07) is 5.12. The second kappa shape index (κ2) is 8.27. The van der Waals surface area contributed by atoms with Gasteiger partial charge in [0.05, 0.1) is 4.90 Å². The molecule has 0 radical (unpaired) electrons. The van der Waals surface area contributed by atoms with Crippen LogP contribution in [0.5, 0.6) is 0 Å². The first-order valence-electron chi connectivity index (χ1n) is 8.99. The standard InChI is InChI=1S/C18H26N4O5S/c1-5-6-11-21(4)28(26,27)14-9-7-13(8-10-14)19-15(23)12-22-16(24)18(2,3)20-17(22)25/h7-10H,5-6,11-12H2,1-4H3,(H,19,23)(H,20,25). The van der Waals surface area contributed by atoms with E-state index in [-0.39, 0.29) is 4.90 Å². The number of hydrogen-bond acceptors (Lipinski definition) is 5. The lowest BCUT2D eigenvalue weighted by Gasteiger charge is -2.17. The van der Waals surface area contributed by atoms with Gasteiger partial charge in [-0.05, 0) is 44.5 Å². The van der Waals surface area contributed by atoms with Crippen molar-refractivity contribution in [3.63, 3.8) is 0 Å². The summed E-state index contributed by atoms with van der Waals surface area (Å²) in [4.78, 5) is 37.1. The molecule has 0 bridgehead atoms. The number of anilines is 1. The van der Waals surface area contributed by atoms with E-state index < -0.39 is 40.0 Å². The van der Waals surface area contributed by atoms with Crippen molar-refractivity contribution in [1.82, 2.24) is 14.5 Å². The normalized spacial score (nSPS) is 16.4. The fraction of sp³-hybridized carbons (Fsp3) is 0.500. The van der Waals surface area contributed by atoms with Crippen molar-refractivity contribution in [2.24, 2.45) is 0 Å². The molecule has 2 rings (SSSR count). The lowest BCUT2D eigenvalue weighted by Crippen LogP contribution is -2.41. The van der Waals surface area contributed by atoms with E-state index in [1.165, 1.54) is 35.6 Å². The second-order valence-corrected chi connectivity index (χ2v) is 9.24. The Kier molecular flexibility index (Phi) is 6.45. The first-order chi connectivity index (χ1) is 13.0. The number of urea groups is 1. The van der Waals surface area contributed by atoms with E-state index >= 15 is 0 Å². The Morgan fingerprint density at radius 2 is 1.82 bits per heavy atom. The number of nitrogens with zero attached hydrogens (tertiary/aromatic N) is 2. The lowest BCUT2D eigenvalue weighted by molar-refractivity contribution is -0.132. The van der Waals surface area contributed by atoms with Gasteiger partial charge in [0.25, 0.3) is 5.91 Å². The SMILES string of the molecule is CCCCN(C)S(=O)(=O)c1ccc(NC(=O)CN2C(=O)NC(C)(C)C2=O)cc1. The maximum absolute atomic E-state index is 12.5. The summed E-state index contributed by atoms with van der Waals surface area (Å²) in [6.07, 6.45) is 1.66. The predicted octanol–water partition coefficient (Wildman–Crippen LogP) is 1.38. The van der Waals surface area contributed by atoms with Crippen LogP contribution in [0.4, 0.5) is 10.5 Å². The van der Waals surface area contributed by atoms with Crippen LogP contribution in [0.15, 0.2) is 29.2 Å². The summed E-state index contributed by atoms with van der Waals surface area (Å²) in [5.74, 6) is -1.04. The molecule has 4 amide bonds. The van der Waals surface area contributed by atoms with Gasteiger partial charge in [-0.3, -0.25) is 14.5 Å². The van der Waals surface area contributed by atoms with Crippen LogP contribution in [0.1, 0.15) is 33.6 Å². The zero-order valence-corrected chi connectivity index (χ0v) is 17.3. The molecule has 1 fully saturated rings. The largest absolute Gasteiger partial charge is 0.325 e. The number of carbonyl (C=O) groups excluding carboxylic acids is 3. The Morgan fingerprint density at radius 1 is 1.21 bits per heavy atom. The molecular formula is C18H26N4O5S. The molecule has 1 aliphatic rings. The highest BCUT2D eigenvalue weighted by atomic mass is 32.2. The van der Waals surface area contributed by atoms with Gasteiger partial charge < -0.3 is 10.6 Å². The van der Waals surface area contributed by atoms with Gasteiger partial charge in [0.1, 0.15) is 12.1 Å². The zero-order valence-electron chi connectivity index (χ0n) is 16.5.